The quantitative estimate of drug-likeness (QED) is 0.877. The third kappa shape index (κ3) is 3.20. The molecule has 0 spiro atoms. The lowest BCUT2D eigenvalue weighted by Crippen LogP contribution is -2.03. The summed E-state index contributed by atoms with van der Waals surface area (Å²) in [7, 11) is 1.51. The van der Waals surface area contributed by atoms with E-state index >= 15 is 0 Å². The van der Waals surface area contributed by atoms with Crippen LogP contribution in [0.2, 0.25) is 5.15 Å². The zero-order valence-corrected chi connectivity index (χ0v) is 11.3. The number of aromatic nitrogens is 2. The van der Waals surface area contributed by atoms with Crippen LogP contribution in [0.4, 0.5) is 15.9 Å². The molecule has 1 aromatic heterocycles. The van der Waals surface area contributed by atoms with Crippen LogP contribution in [0.15, 0.2) is 24.3 Å². The molecule has 0 bridgehead atoms. The minimum Gasteiger partial charge on any atom is -0.377 e. The number of hydrogen-bond acceptors (Lipinski definition) is 5. The van der Waals surface area contributed by atoms with E-state index in [9.17, 15) is 4.39 Å². The lowest BCUT2D eigenvalue weighted by atomic mass is 10.2. The van der Waals surface area contributed by atoms with Gasteiger partial charge in [0.2, 0.25) is 0 Å². The number of nitriles is 1. The van der Waals surface area contributed by atoms with E-state index in [0.29, 0.717) is 17.3 Å². The maximum Gasteiger partial charge on any atom is 0.158 e. The monoisotopic (exact) mass is 292 g/mol. The molecule has 0 aliphatic heterocycles. The topological polar surface area (TPSA) is 70.8 Å². The SMILES string of the molecule is COCc1nc(Cl)cc(Nc2cccc(F)c2C#N)n1. The average molecular weight is 293 g/mol. The van der Waals surface area contributed by atoms with Crippen molar-refractivity contribution in [1.82, 2.24) is 9.97 Å². The van der Waals surface area contributed by atoms with Crippen LogP contribution < -0.4 is 5.32 Å². The Bertz CT molecular complexity index is 672. The summed E-state index contributed by atoms with van der Waals surface area (Å²) >= 11 is 5.87. The molecule has 7 heteroatoms. The first-order valence-corrected chi connectivity index (χ1v) is 6.00. The maximum atomic E-state index is 13.5. The summed E-state index contributed by atoms with van der Waals surface area (Å²) in [5.74, 6) is 0.145. The van der Waals surface area contributed by atoms with Crippen molar-refractivity contribution in [2.75, 3.05) is 12.4 Å². The van der Waals surface area contributed by atoms with E-state index in [1.807, 2.05) is 0 Å². The van der Waals surface area contributed by atoms with Crippen molar-refractivity contribution in [2.45, 2.75) is 6.61 Å². The highest BCUT2D eigenvalue weighted by Gasteiger charge is 2.10. The Kier molecular flexibility index (Phi) is 4.45. The van der Waals surface area contributed by atoms with Crippen LogP contribution in [0, 0.1) is 17.1 Å². The van der Waals surface area contributed by atoms with Crippen molar-refractivity contribution in [3.63, 3.8) is 0 Å². The Hall–Kier alpha value is -2.23. The third-order valence-corrected chi connectivity index (χ3v) is 2.60. The van der Waals surface area contributed by atoms with Gasteiger partial charge >= 0.3 is 0 Å². The van der Waals surface area contributed by atoms with Crippen molar-refractivity contribution in [2.24, 2.45) is 0 Å². The van der Waals surface area contributed by atoms with E-state index in [1.54, 1.807) is 12.1 Å². The van der Waals surface area contributed by atoms with Crippen molar-refractivity contribution in [1.29, 1.82) is 5.26 Å². The van der Waals surface area contributed by atoms with Crippen molar-refractivity contribution < 1.29 is 9.13 Å². The first kappa shape index (κ1) is 14.2. The summed E-state index contributed by atoms with van der Waals surface area (Å²) in [5, 5.41) is 12.0. The molecule has 2 aromatic rings. The molecule has 5 nitrogen and oxygen atoms in total. The fraction of sp³-hybridized carbons (Fsp3) is 0.154. The highest BCUT2D eigenvalue weighted by atomic mass is 35.5. The molecule has 0 unspecified atom stereocenters. The molecule has 0 saturated heterocycles. The second-order valence-electron chi connectivity index (χ2n) is 3.82. The molecule has 1 N–H and O–H groups in total. The molecule has 0 radical (unpaired) electrons. The number of rotatable bonds is 4. The summed E-state index contributed by atoms with van der Waals surface area (Å²) in [6.07, 6.45) is 0. The summed E-state index contributed by atoms with van der Waals surface area (Å²) in [4.78, 5) is 8.14. The van der Waals surface area contributed by atoms with Gasteiger partial charge in [-0.05, 0) is 12.1 Å². The van der Waals surface area contributed by atoms with Crippen LogP contribution in [0.1, 0.15) is 11.4 Å². The van der Waals surface area contributed by atoms with E-state index in [1.165, 1.54) is 25.3 Å². The van der Waals surface area contributed by atoms with E-state index in [4.69, 9.17) is 21.6 Å². The van der Waals surface area contributed by atoms with E-state index in [0.717, 1.165) is 0 Å². The average Bonchev–Trinajstić information content (AvgIpc) is 2.38. The molecule has 1 aromatic carbocycles. The number of halogens is 2. The summed E-state index contributed by atoms with van der Waals surface area (Å²) in [6.45, 7) is 0.198. The lowest BCUT2D eigenvalue weighted by molar-refractivity contribution is 0.178. The lowest BCUT2D eigenvalue weighted by Gasteiger charge is -2.09. The molecule has 0 aliphatic rings. The van der Waals surface area contributed by atoms with Gasteiger partial charge in [-0.3, -0.25) is 0 Å². The van der Waals surface area contributed by atoms with E-state index in [-0.39, 0.29) is 17.3 Å². The Morgan fingerprint density at radius 1 is 1.45 bits per heavy atom. The standard InChI is InChI=1S/C13H10ClFN4O/c1-20-7-13-18-11(14)5-12(19-13)17-10-4-2-3-9(15)8(10)6-16/h2-5H,7H2,1H3,(H,17,18,19). The van der Waals surface area contributed by atoms with Gasteiger partial charge in [0.15, 0.2) is 5.82 Å². The minimum absolute atomic E-state index is 0.0875. The van der Waals surface area contributed by atoms with Gasteiger partial charge in [-0.25, -0.2) is 14.4 Å². The predicted molar refractivity (Wildman–Crippen MR) is 72.2 cm³/mol. The number of anilines is 2. The number of benzene rings is 1. The van der Waals surface area contributed by atoms with Crippen molar-refractivity contribution >= 4 is 23.1 Å². The molecule has 20 heavy (non-hydrogen) atoms. The Morgan fingerprint density at radius 2 is 2.25 bits per heavy atom. The predicted octanol–water partition coefficient (Wildman–Crippen LogP) is 3.03. The maximum absolute atomic E-state index is 13.5. The Morgan fingerprint density at radius 3 is 2.95 bits per heavy atom. The molecule has 102 valence electrons. The second-order valence-corrected chi connectivity index (χ2v) is 4.21. The fourth-order valence-corrected chi connectivity index (χ4v) is 1.80. The molecule has 0 amide bonds. The van der Waals surface area contributed by atoms with Gasteiger partial charge in [0, 0.05) is 13.2 Å². The number of methoxy groups -OCH3 is 1. The van der Waals surface area contributed by atoms with Gasteiger partial charge in [-0.2, -0.15) is 5.26 Å². The highest BCUT2D eigenvalue weighted by molar-refractivity contribution is 6.29. The number of nitrogens with one attached hydrogen (secondary N) is 1. The third-order valence-electron chi connectivity index (χ3n) is 2.40. The molecular formula is C13H10ClFN4O. The van der Waals surface area contributed by atoms with Crippen LogP contribution in [-0.4, -0.2) is 17.1 Å². The Labute approximate surface area is 120 Å². The van der Waals surface area contributed by atoms with Gasteiger partial charge in [0.1, 0.15) is 35.0 Å². The molecule has 2 rings (SSSR count). The van der Waals surface area contributed by atoms with Crippen LogP contribution in [0.5, 0.6) is 0 Å². The van der Waals surface area contributed by atoms with E-state index < -0.39 is 5.82 Å². The molecular weight excluding hydrogens is 283 g/mol. The van der Waals surface area contributed by atoms with Crippen LogP contribution in [-0.2, 0) is 11.3 Å². The van der Waals surface area contributed by atoms with Crippen LogP contribution >= 0.6 is 11.6 Å². The Balaban J connectivity index is 2.35. The van der Waals surface area contributed by atoms with Gasteiger partial charge < -0.3 is 10.1 Å². The zero-order chi connectivity index (χ0) is 14.5. The molecule has 0 saturated carbocycles. The molecule has 0 aliphatic carbocycles. The smallest absolute Gasteiger partial charge is 0.158 e. The fourth-order valence-electron chi connectivity index (χ4n) is 1.60. The number of ether oxygens (including phenoxy) is 1. The van der Waals surface area contributed by atoms with E-state index in [2.05, 4.69) is 15.3 Å². The minimum atomic E-state index is -0.602. The number of hydrogen-bond donors (Lipinski definition) is 1. The first-order valence-electron chi connectivity index (χ1n) is 5.62. The zero-order valence-electron chi connectivity index (χ0n) is 10.5. The first-order chi connectivity index (χ1) is 9.63. The summed E-state index contributed by atoms with van der Waals surface area (Å²) < 4.78 is 18.4. The van der Waals surface area contributed by atoms with Gasteiger partial charge in [-0.1, -0.05) is 17.7 Å². The normalized spacial score (nSPS) is 10.1. The summed E-state index contributed by atoms with van der Waals surface area (Å²) in [6, 6.07) is 7.57. The second kappa shape index (κ2) is 6.28. The van der Waals surface area contributed by atoms with Gasteiger partial charge in [0.05, 0.1) is 5.69 Å². The summed E-state index contributed by atoms with van der Waals surface area (Å²) in [5.41, 5.74) is 0.223. The molecule has 0 fully saturated rings. The van der Waals surface area contributed by atoms with Crippen LogP contribution in [0.3, 0.4) is 0 Å². The van der Waals surface area contributed by atoms with Crippen LogP contribution in [0.25, 0.3) is 0 Å². The van der Waals surface area contributed by atoms with Gasteiger partial charge in [0.25, 0.3) is 0 Å². The molecule has 1 heterocycles. The highest BCUT2D eigenvalue weighted by Crippen LogP contribution is 2.22. The van der Waals surface area contributed by atoms with Gasteiger partial charge in [-0.15, -0.1) is 0 Å². The van der Waals surface area contributed by atoms with Crippen molar-refractivity contribution in [3.05, 3.63) is 46.6 Å². The largest absolute Gasteiger partial charge is 0.377 e. The van der Waals surface area contributed by atoms with Crippen molar-refractivity contribution in [3.8, 4) is 6.07 Å². The molecule has 0 atom stereocenters. The number of nitrogens with zero attached hydrogens (tertiary/aromatic N) is 3.